The molecule has 2 heteroatoms. The van der Waals surface area contributed by atoms with Crippen LogP contribution in [0.5, 0.6) is 0 Å². The Kier molecular flexibility index (Phi) is 12.1. The van der Waals surface area contributed by atoms with Crippen molar-refractivity contribution in [2.45, 2.75) is 77.7 Å². The van der Waals surface area contributed by atoms with Crippen LogP contribution in [0.4, 0.5) is 0 Å². The molecule has 0 saturated carbocycles. The van der Waals surface area contributed by atoms with E-state index < -0.39 is 0 Å². The van der Waals surface area contributed by atoms with Gasteiger partial charge in [0, 0.05) is 6.61 Å². The fourth-order valence-corrected chi connectivity index (χ4v) is 1.68. The molecule has 0 aliphatic rings. The van der Waals surface area contributed by atoms with Crippen molar-refractivity contribution in [1.29, 1.82) is 5.26 Å². The highest BCUT2D eigenvalue weighted by Crippen LogP contribution is 2.08. The summed E-state index contributed by atoms with van der Waals surface area (Å²) in [6, 6.07) is 2.23. The molecule has 0 radical (unpaired) electrons. The first-order valence-corrected chi connectivity index (χ1v) is 6.86. The Hall–Kier alpha value is -0.550. The summed E-state index contributed by atoms with van der Waals surface area (Å²) in [5.41, 5.74) is 0. The zero-order chi connectivity index (χ0) is 12.1. The van der Waals surface area contributed by atoms with E-state index in [1.165, 1.54) is 32.1 Å². The summed E-state index contributed by atoms with van der Waals surface area (Å²) in [6.45, 7) is 5.13. The van der Waals surface area contributed by atoms with Gasteiger partial charge >= 0.3 is 0 Å². The maximum absolute atomic E-state index is 8.85. The summed E-state index contributed by atoms with van der Waals surface area (Å²) < 4.78 is 5.54. The van der Waals surface area contributed by atoms with Crippen LogP contribution in [0.25, 0.3) is 0 Å². The van der Waals surface area contributed by atoms with Crippen molar-refractivity contribution >= 4 is 0 Å². The van der Waals surface area contributed by atoms with Crippen LogP contribution in [-0.4, -0.2) is 12.7 Å². The Balaban J connectivity index is 3.25. The first-order chi connectivity index (χ1) is 7.85. The van der Waals surface area contributed by atoms with Crippen LogP contribution in [0.15, 0.2) is 0 Å². The van der Waals surface area contributed by atoms with Gasteiger partial charge in [-0.2, -0.15) is 5.26 Å². The molecule has 1 atom stereocenters. The molecule has 0 aliphatic heterocycles. The second kappa shape index (κ2) is 12.5. The lowest BCUT2D eigenvalue weighted by Gasteiger charge is -2.09. The van der Waals surface area contributed by atoms with E-state index in [9.17, 15) is 0 Å². The highest BCUT2D eigenvalue weighted by atomic mass is 16.5. The van der Waals surface area contributed by atoms with Crippen LogP contribution >= 0.6 is 0 Å². The molecule has 0 aromatic rings. The van der Waals surface area contributed by atoms with Gasteiger partial charge in [0.15, 0.2) is 0 Å². The molecule has 2 nitrogen and oxygen atoms in total. The van der Waals surface area contributed by atoms with E-state index in [-0.39, 0.29) is 6.10 Å². The normalized spacial score (nSPS) is 12.3. The minimum Gasteiger partial charge on any atom is -0.363 e. The summed E-state index contributed by atoms with van der Waals surface area (Å²) in [5.74, 6) is 0. The molecule has 0 spiro atoms. The summed E-state index contributed by atoms with van der Waals surface area (Å²) in [5, 5.41) is 8.85. The van der Waals surface area contributed by atoms with Crippen molar-refractivity contribution in [3.63, 3.8) is 0 Å². The molecule has 0 aromatic heterocycles. The standard InChI is InChI=1S/C14H27NO/c1-3-5-7-8-9-10-12-16-14(13-15)11-6-4-2/h14H,3-12H2,1-2H3. The van der Waals surface area contributed by atoms with Gasteiger partial charge in [0.25, 0.3) is 0 Å². The van der Waals surface area contributed by atoms with E-state index >= 15 is 0 Å². The number of nitriles is 1. The lowest BCUT2D eigenvalue weighted by Crippen LogP contribution is -2.11. The highest BCUT2D eigenvalue weighted by Gasteiger charge is 2.05. The van der Waals surface area contributed by atoms with Crippen molar-refractivity contribution in [3.8, 4) is 6.07 Å². The van der Waals surface area contributed by atoms with Crippen LogP contribution < -0.4 is 0 Å². The predicted molar refractivity (Wildman–Crippen MR) is 68.3 cm³/mol. The molecule has 0 rings (SSSR count). The maximum Gasteiger partial charge on any atom is 0.143 e. The zero-order valence-corrected chi connectivity index (χ0v) is 11.0. The third-order valence-corrected chi connectivity index (χ3v) is 2.78. The third kappa shape index (κ3) is 9.98. The molecule has 0 aliphatic carbocycles. The van der Waals surface area contributed by atoms with Gasteiger partial charge in [-0.3, -0.25) is 0 Å². The van der Waals surface area contributed by atoms with Crippen LogP contribution in [0.1, 0.15) is 71.6 Å². The van der Waals surface area contributed by atoms with Gasteiger partial charge in [-0.15, -0.1) is 0 Å². The molecule has 0 saturated heterocycles. The van der Waals surface area contributed by atoms with E-state index in [0.717, 1.165) is 32.3 Å². The van der Waals surface area contributed by atoms with Gasteiger partial charge in [0.05, 0.1) is 6.07 Å². The Bertz CT molecular complexity index is 174. The zero-order valence-electron chi connectivity index (χ0n) is 11.0. The Morgan fingerprint density at radius 2 is 1.56 bits per heavy atom. The fourth-order valence-electron chi connectivity index (χ4n) is 1.68. The average Bonchev–Trinajstić information content (AvgIpc) is 2.32. The molecular weight excluding hydrogens is 198 g/mol. The average molecular weight is 225 g/mol. The van der Waals surface area contributed by atoms with Crippen LogP contribution in [0.2, 0.25) is 0 Å². The number of nitrogens with zero attached hydrogens (tertiary/aromatic N) is 1. The van der Waals surface area contributed by atoms with Crippen molar-refractivity contribution in [3.05, 3.63) is 0 Å². The van der Waals surface area contributed by atoms with Gasteiger partial charge < -0.3 is 4.74 Å². The van der Waals surface area contributed by atoms with Gasteiger partial charge in [-0.25, -0.2) is 0 Å². The Morgan fingerprint density at radius 3 is 2.19 bits per heavy atom. The summed E-state index contributed by atoms with van der Waals surface area (Å²) in [7, 11) is 0. The van der Waals surface area contributed by atoms with Crippen molar-refractivity contribution < 1.29 is 4.74 Å². The van der Waals surface area contributed by atoms with Gasteiger partial charge in [0.1, 0.15) is 6.10 Å². The number of hydrogen-bond donors (Lipinski definition) is 0. The van der Waals surface area contributed by atoms with Gasteiger partial charge in [-0.05, 0) is 12.8 Å². The lowest BCUT2D eigenvalue weighted by atomic mass is 10.1. The SMILES string of the molecule is CCCCCCCCOC(C#N)CCCC. The van der Waals surface area contributed by atoms with E-state index in [4.69, 9.17) is 10.00 Å². The highest BCUT2D eigenvalue weighted by molar-refractivity contribution is 4.83. The number of unbranched alkanes of at least 4 members (excludes halogenated alkanes) is 6. The van der Waals surface area contributed by atoms with Crippen LogP contribution in [0, 0.1) is 11.3 Å². The second-order valence-corrected chi connectivity index (χ2v) is 4.40. The van der Waals surface area contributed by atoms with Crippen molar-refractivity contribution in [2.75, 3.05) is 6.61 Å². The molecule has 0 N–H and O–H groups in total. The molecule has 1 unspecified atom stereocenters. The first-order valence-electron chi connectivity index (χ1n) is 6.86. The molecule has 0 amide bonds. The van der Waals surface area contributed by atoms with Crippen LogP contribution in [-0.2, 0) is 4.74 Å². The van der Waals surface area contributed by atoms with Crippen molar-refractivity contribution in [2.24, 2.45) is 0 Å². The topological polar surface area (TPSA) is 33.0 Å². The van der Waals surface area contributed by atoms with Crippen LogP contribution in [0.3, 0.4) is 0 Å². The van der Waals surface area contributed by atoms with Gasteiger partial charge in [0.2, 0.25) is 0 Å². The maximum atomic E-state index is 8.85. The molecule has 16 heavy (non-hydrogen) atoms. The Morgan fingerprint density at radius 1 is 0.938 bits per heavy atom. The summed E-state index contributed by atoms with van der Waals surface area (Å²) in [6.07, 6.45) is 10.6. The number of rotatable bonds is 11. The molecule has 94 valence electrons. The summed E-state index contributed by atoms with van der Waals surface area (Å²) in [4.78, 5) is 0. The number of ether oxygens (including phenoxy) is 1. The lowest BCUT2D eigenvalue weighted by molar-refractivity contribution is 0.0796. The smallest absolute Gasteiger partial charge is 0.143 e. The molecule has 0 heterocycles. The molecular formula is C14H27NO. The molecule has 0 bridgehead atoms. The molecule has 0 aromatic carbocycles. The second-order valence-electron chi connectivity index (χ2n) is 4.40. The first kappa shape index (κ1) is 15.4. The number of hydrogen-bond acceptors (Lipinski definition) is 2. The largest absolute Gasteiger partial charge is 0.363 e. The fraction of sp³-hybridized carbons (Fsp3) is 0.929. The van der Waals surface area contributed by atoms with E-state index in [2.05, 4.69) is 19.9 Å². The van der Waals surface area contributed by atoms with E-state index in [0.29, 0.717) is 0 Å². The third-order valence-electron chi connectivity index (χ3n) is 2.78. The van der Waals surface area contributed by atoms with E-state index in [1.54, 1.807) is 0 Å². The van der Waals surface area contributed by atoms with Crippen molar-refractivity contribution in [1.82, 2.24) is 0 Å². The minimum atomic E-state index is -0.171. The van der Waals surface area contributed by atoms with E-state index in [1.807, 2.05) is 0 Å². The monoisotopic (exact) mass is 225 g/mol. The quantitative estimate of drug-likeness (QED) is 0.487. The minimum absolute atomic E-state index is 0.171. The molecule has 0 fully saturated rings. The Labute approximate surface area is 101 Å². The predicted octanol–water partition coefficient (Wildman–Crippen LogP) is 4.45. The van der Waals surface area contributed by atoms with Gasteiger partial charge in [-0.1, -0.05) is 58.8 Å². The summed E-state index contributed by atoms with van der Waals surface area (Å²) >= 11 is 0.